The summed E-state index contributed by atoms with van der Waals surface area (Å²) in [5, 5.41) is 11.6. The van der Waals surface area contributed by atoms with Crippen LogP contribution >= 0.6 is 0 Å². The van der Waals surface area contributed by atoms with E-state index < -0.39 is 12.0 Å². The van der Waals surface area contributed by atoms with E-state index in [1.165, 1.54) is 0 Å². The first-order valence-electron chi connectivity index (χ1n) is 6.25. The van der Waals surface area contributed by atoms with Crippen LogP contribution in [0.2, 0.25) is 0 Å². The van der Waals surface area contributed by atoms with Gasteiger partial charge in [0, 0.05) is 5.69 Å². The summed E-state index contributed by atoms with van der Waals surface area (Å²) in [7, 11) is 0. The Hall–Kier alpha value is -2.04. The fourth-order valence-electron chi connectivity index (χ4n) is 1.83. The van der Waals surface area contributed by atoms with Gasteiger partial charge in [-0.3, -0.25) is 4.79 Å². The van der Waals surface area contributed by atoms with Crippen molar-refractivity contribution >= 4 is 17.6 Å². The standard InChI is InChI=1S/C14H20N2O3/c1-9(2)6-12(14(18)19)16-13(17)8-10-4-3-5-11(15)7-10/h3-5,7,9,12H,6,8,15H2,1-2H3,(H,16,17)(H,18,19). The number of amides is 1. The van der Waals surface area contributed by atoms with E-state index in [0.29, 0.717) is 12.1 Å². The topological polar surface area (TPSA) is 92.4 Å². The van der Waals surface area contributed by atoms with E-state index in [1.54, 1.807) is 24.3 Å². The average molecular weight is 264 g/mol. The minimum absolute atomic E-state index is 0.132. The maximum Gasteiger partial charge on any atom is 0.326 e. The molecule has 1 rings (SSSR count). The lowest BCUT2D eigenvalue weighted by molar-refractivity contribution is -0.142. The summed E-state index contributed by atoms with van der Waals surface area (Å²) < 4.78 is 0. The van der Waals surface area contributed by atoms with Gasteiger partial charge in [0.2, 0.25) is 5.91 Å². The number of nitrogen functional groups attached to an aromatic ring is 1. The van der Waals surface area contributed by atoms with E-state index >= 15 is 0 Å². The van der Waals surface area contributed by atoms with E-state index in [1.807, 2.05) is 13.8 Å². The summed E-state index contributed by atoms with van der Waals surface area (Å²) in [5.41, 5.74) is 6.98. The van der Waals surface area contributed by atoms with Gasteiger partial charge in [0.15, 0.2) is 0 Å². The number of aliphatic carboxylic acids is 1. The third-order valence-electron chi connectivity index (χ3n) is 2.66. The molecular weight excluding hydrogens is 244 g/mol. The number of carbonyl (C=O) groups is 2. The summed E-state index contributed by atoms with van der Waals surface area (Å²) >= 11 is 0. The Kier molecular flexibility index (Phi) is 5.36. The van der Waals surface area contributed by atoms with Crippen LogP contribution in [-0.2, 0) is 16.0 Å². The fraction of sp³-hybridized carbons (Fsp3) is 0.429. The zero-order valence-electron chi connectivity index (χ0n) is 11.2. The van der Waals surface area contributed by atoms with Crippen molar-refractivity contribution in [3.8, 4) is 0 Å². The molecule has 5 heteroatoms. The number of anilines is 1. The zero-order valence-corrected chi connectivity index (χ0v) is 11.2. The zero-order chi connectivity index (χ0) is 14.4. The van der Waals surface area contributed by atoms with Gasteiger partial charge in [-0.15, -0.1) is 0 Å². The van der Waals surface area contributed by atoms with E-state index in [4.69, 9.17) is 10.8 Å². The molecule has 0 fully saturated rings. The SMILES string of the molecule is CC(C)CC(NC(=O)Cc1cccc(N)c1)C(=O)O. The lowest BCUT2D eigenvalue weighted by Gasteiger charge is -2.16. The highest BCUT2D eigenvalue weighted by Crippen LogP contribution is 2.08. The van der Waals surface area contributed by atoms with Crippen molar-refractivity contribution in [1.29, 1.82) is 0 Å². The van der Waals surface area contributed by atoms with Crippen LogP contribution < -0.4 is 11.1 Å². The van der Waals surface area contributed by atoms with Crippen molar-refractivity contribution < 1.29 is 14.7 Å². The first-order chi connectivity index (χ1) is 8.88. The molecule has 0 aromatic heterocycles. The molecule has 1 aromatic carbocycles. The first-order valence-corrected chi connectivity index (χ1v) is 6.25. The first kappa shape index (κ1) is 15.0. The number of carboxylic acids is 1. The van der Waals surface area contributed by atoms with E-state index in [0.717, 1.165) is 5.56 Å². The highest BCUT2D eigenvalue weighted by molar-refractivity contribution is 5.84. The molecule has 1 atom stereocenters. The number of nitrogens with two attached hydrogens (primary N) is 1. The second kappa shape index (κ2) is 6.78. The Morgan fingerprint density at radius 1 is 1.37 bits per heavy atom. The predicted molar refractivity (Wildman–Crippen MR) is 73.6 cm³/mol. The number of carboxylic acid groups (broad SMARTS) is 1. The average Bonchev–Trinajstić information content (AvgIpc) is 2.27. The van der Waals surface area contributed by atoms with Gasteiger partial charge < -0.3 is 16.2 Å². The van der Waals surface area contributed by atoms with Crippen molar-refractivity contribution in [3.63, 3.8) is 0 Å². The molecule has 1 unspecified atom stereocenters. The lowest BCUT2D eigenvalue weighted by Crippen LogP contribution is -2.42. The summed E-state index contributed by atoms with van der Waals surface area (Å²) in [4.78, 5) is 22.8. The molecule has 0 aliphatic heterocycles. The van der Waals surface area contributed by atoms with Crippen LogP contribution in [0.4, 0.5) is 5.69 Å². The summed E-state index contributed by atoms with van der Waals surface area (Å²) in [6.07, 6.45) is 0.547. The highest BCUT2D eigenvalue weighted by Gasteiger charge is 2.20. The summed E-state index contributed by atoms with van der Waals surface area (Å²) in [6, 6.07) is 6.15. The molecule has 0 bridgehead atoms. The molecule has 1 aromatic rings. The summed E-state index contributed by atoms with van der Waals surface area (Å²) in [5.74, 6) is -1.11. The minimum Gasteiger partial charge on any atom is -0.480 e. The number of hydrogen-bond donors (Lipinski definition) is 3. The molecule has 104 valence electrons. The second-order valence-electron chi connectivity index (χ2n) is 5.01. The van der Waals surface area contributed by atoms with Gasteiger partial charge in [0.1, 0.15) is 6.04 Å². The summed E-state index contributed by atoms with van der Waals surface area (Å²) in [6.45, 7) is 3.83. The quantitative estimate of drug-likeness (QED) is 0.678. The van der Waals surface area contributed by atoms with Gasteiger partial charge in [-0.05, 0) is 30.0 Å². The minimum atomic E-state index is -1.00. The van der Waals surface area contributed by atoms with Gasteiger partial charge in [-0.1, -0.05) is 26.0 Å². The van der Waals surface area contributed by atoms with Crippen molar-refractivity contribution in [2.75, 3.05) is 5.73 Å². The van der Waals surface area contributed by atoms with Crippen molar-refractivity contribution in [3.05, 3.63) is 29.8 Å². The number of nitrogens with one attached hydrogen (secondary N) is 1. The van der Waals surface area contributed by atoms with E-state index in [2.05, 4.69) is 5.32 Å². The Balaban J connectivity index is 2.60. The molecule has 0 heterocycles. The smallest absolute Gasteiger partial charge is 0.326 e. The van der Waals surface area contributed by atoms with Crippen LogP contribution in [0.15, 0.2) is 24.3 Å². The Bertz CT molecular complexity index is 458. The number of benzene rings is 1. The van der Waals surface area contributed by atoms with Gasteiger partial charge in [-0.2, -0.15) is 0 Å². The largest absolute Gasteiger partial charge is 0.480 e. The van der Waals surface area contributed by atoms with Crippen LogP contribution in [0.25, 0.3) is 0 Å². The third-order valence-corrected chi connectivity index (χ3v) is 2.66. The molecule has 0 radical (unpaired) electrons. The third kappa shape index (κ3) is 5.42. The van der Waals surface area contributed by atoms with E-state index in [-0.39, 0.29) is 18.2 Å². The van der Waals surface area contributed by atoms with Crippen LogP contribution in [0.1, 0.15) is 25.8 Å². The lowest BCUT2D eigenvalue weighted by atomic mass is 10.0. The highest BCUT2D eigenvalue weighted by atomic mass is 16.4. The predicted octanol–water partition coefficient (Wildman–Crippen LogP) is 1.43. The maximum absolute atomic E-state index is 11.8. The van der Waals surface area contributed by atoms with Crippen molar-refractivity contribution in [2.24, 2.45) is 5.92 Å². The van der Waals surface area contributed by atoms with Crippen molar-refractivity contribution in [2.45, 2.75) is 32.7 Å². The van der Waals surface area contributed by atoms with E-state index in [9.17, 15) is 9.59 Å². The van der Waals surface area contributed by atoms with Crippen LogP contribution in [0.3, 0.4) is 0 Å². The second-order valence-corrected chi connectivity index (χ2v) is 5.01. The Morgan fingerprint density at radius 2 is 2.05 bits per heavy atom. The number of carbonyl (C=O) groups excluding carboxylic acids is 1. The molecule has 0 aliphatic carbocycles. The Morgan fingerprint density at radius 3 is 2.58 bits per heavy atom. The van der Waals surface area contributed by atoms with Gasteiger partial charge in [-0.25, -0.2) is 4.79 Å². The number of hydrogen-bond acceptors (Lipinski definition) is 3. The molecule has 0 spiro atoms. The Labute approximate surface area is 112 Å². The van der Waals surface area contributed by atoms with Gasteiger partial charge in [0.05, 0.1) is 6.42 Å². The molecule has 19 heavy (non-hydrogen) atoms. The van der Waals surface area contributed by atoms with Crippen molar-refractivity contribution in [1.82, 2.24) is 5.32 Å². The molecule has 5 nitrogen and oxygen atoms in total. The van der Waals surface area contributed by atoms with Crippen LogP contribution in [0.5, 0.6) is 0 Å². The molecule has 1 amide bonds. The molecule has 0 saturated carbocycles. The molecule has 0 aliphatic rings. The normalized spacial score (nSPS) is 12.2. The van der Waals surface area contributed by atoms with Gasteiger partial charge >= 0.3 is 5.97 Å². The van der Waals surface area contributed by atoms with Gasteiger partial charge in [0.25, 0.3) is 0 Å². The molecule has 0 saturated heterocycles. The van der Waals surface area contributed by atoms with Crippen LogP contribution in [-0.4, -0.2) is 23.0 Å². The van der Waals surface area contributed by atoms with Crippen LogP contribution in [0, 0.1) is 5.92 Å². The molecular formula is C14H20N2O3. The number of rotatable bonds is 6. The fourth-order valence-corrected chi connectivity index (χ4v) is 1.83. The maximum atomic E-state index is 11.8. The molecule has 4 N–H and O–H groups in total. The monoisotopic (exact) mass is 264 g/mol.